The summed E-state index contributed by atoms with van der Waals surface area (Å²) in [6.45, 7) is 6.23. The van der Waals surface area contributed by atoms with E-state index in [0.717, 1.165) is 32.5 Å². The van der Waals surface area contributed by atoms with Crippen molar-refractivity contribution in [2.45, 2.75) is 37.8 Å². The zero-order chi connectivity index (χ0) is 17.0. The minimum absolute atomic E-state index is 0.114. The van der Waals surface area contributed by atoms with E-state index in [2.05, 4.69) is 31.8 Å². The third-order valence-corrected chi connectivity index (χ3v) is 6.55. The van der Waals surface area contributed by atoms with Gasteiger partial charge in [-0.25, -0.2) is 12.9 Å². The van der Waals surface area contributed by atoms with Gasteiger partial charge in [0.2, 0.25) is 0 Å². The lowest BCUT2D eigenvalue weighted by Crippen LogP contribution is -2.29. The van der Waals surface area contributed by atoms with Crippen LogP contribution in [-0.2, 0) is 11.0 Å². The van der Waals surface area contributed by atoms with Crippen LogP contribution in [0.3, 0.4) is 0 Å². The highest BCUT2D eigenvalue weighted by atomic mass is 32.2. The van der Waals surface area contributed by atoms with E-state index >= 15 is 0 Å². The van der Waals surface area contributed by atoms with Crippen molar-refractivity contribution < 1.29 is 8.60 Å². The summed E-state index contributed by atoms with van der Waals surface area (Å²) in [5.41, 5.74) is 3.98. The second-order valence-corrected chi connectivity index (χ2v) is 7.88. The maximum Gasteiger partial charge on any atom is 0.128 e. The van der Waals surface area contributed by atoms with Crippen LogP contribution < -0.4 is 0 Å². The molecular formula is C19H19FN2OS. The van der Waals surface area contributed by atoms with E-state index in [4.69, 9.17) is 0 Å². The Bertz CT molecular complexity index is 963. The SMILES string of the molecule is CC(C)N1C(C)c2cc(-c3c[nH]c4cc(F)ccc34)ccc2S1=O. The Labute approximate surface area is 143 Å². The molecule has 0 bridgehead atoms. The van der Waals surface area contributed by atoms with Crippen molar-refractivity contribution in [3.05, 3.63) is 54.0 Å². The summed E-state index contributed by atoms with van der Waals surface area (Å²) in [6, 6.07) is 11.2. The zero-order valence-electron chi connectivity index (χ0n) is 13.8. The fourth-order valence-electron chi connectivity index (χ4n) is 3.57. The Balaban J connectivity index is 1.84. The molecule has 1 aromatic heterocycles. The zero-order valence-corrected chi connectivity index (χ0v) is 14.7. The number of fused-ring (bicyclic) bond motifs is 2. The number of aromatic nitrogens is 1. The monoisotopic (exact) mass is 342 g/mol. The number of hydrogen-bond acceptors (Lipinski definition) is 1. The summed E-state index contributed by atoms with van der Waals surface area (Å²) < 4.78 is 28.1. The molecule has 3 nitrogen and oxygen atoms in total. The predicted molar refractivity (Wildman–Crippen MR) is 95.5 cm³/mol. The molecule has 0 aliphatic carbocycles. The highest BCUT2D eigenvalue weighted by molar-refractivity contribution is 7.83. The summed E-state index contributed by atoms with van der Waals surface area (Å²) in [5.74, 6) is -0.249. The fourth-order valence-corrected chi connectivity index (χ4v) is 5.20. The molecule has 0 spiro atoms. The van der Waals surface area contributed by atoms with Crippen molar-refractivity contribution in [1.29, 1.82) is 0 Å². The molecule has 5 heteroatoms. The van der Waals surface area contributed by atoms with E-state index in [9.17, 15) is 8.60 Å². The quantitative estimate of drug-likeness (QED) is 0.715. The van der Waals surface area contributed by atoms with Gasteiger partial charge in [0.25, 0.3) is 0 Å². The van der Waals surface area contributed by atoms with Gasteiger partial charge in [0, 0.05) is 34.7 Å². The first-order valence-corrected chi connectivity index (χ1v) is 9.19. The first-order valence-electron chi connectivity index (χ1n) is 8.08. The largest absolute Gasteiger partial charge is 0.360 e. The molecule has 0 fully saturated rings. The Morgan fingerprint density at radius 3 is 2.75 bits per heavy atom. The van der Waals surface area contributed by atoms with Crippen molar-refractivity contribution in [3.8, 4) is 11.1 Å². The second kappa shape index (κ2) is 5.53. The molecule has 1 aliphatic rings. The normalized spacial score (nSPS) is 20.9. The number of aromatic amines is 1. The maximum absolute atomic E-state index is 13.4. The molecule has 0 saturated carbocycles. The van der Waals surface area contributed by atoms with Gasteiger partial charge in [-0.1, -0.05) is 6.07 Å². The molecule has 24 heavy (non-hydrogen) atoms. The highest BCUT2D eigenvalue weighted by Crippen LogP contribution is 2.41. The highest BCUT2D eigenvalue weighted by Gasteiger charge is 2.35. The van der Waals surface area contributed by atoms with Crippen LogP contribution in [0.25, 0.3) is 22.0 Å². The fraction of sp³-hybridized carbons (Fsp3) is 0.263. The average Bonchev–Trinajstić information content (AvgIpc) is 3.06. The van der Waals surface area contributed by atoms with Crippen LogP contribution >= 0.6 is 0 Å². The minimum atomic E-state index is -1.11. The first kappa shape index (κ1) is 15.5. The molecule has 0 saturated heterocycles. The van der Waals surface area contributed by atoms with Crippen LogP contribution in [0.5, 0.6) is 0 Å². The maximum atomic E-state index is 13.4. The lowest BCUT2D eigenvalue weighted by Gasteiger charge is -2.23. The smallest absolute Gasteiger partial charge is 0.128 e. The van der Waals surface area contributed by atoms with Gasteiger partial charge in [-0.05, 0) is 62.2 Å². The Morgan fingerprint density at radius 2 is 2.00 bits per heavy atom. The van der Waals surface area contributed by atoms with E-state index in [1.807, 2.05) is 22.6 Å². The molecule has 2 heterocycles. The molecule has 3 aromatic rings. The standard InChI is InChI=1S/C19H19FN2OS/c1-11(2)22-12(3)16-8-13(4-7-19(16)24(22)23)17-10-21-18-9-14(20)5-6-15(17)18/h4-12,21H,1-3H3. The third kappa shape index (κ3) is 2.23. The Kier molecular flexibility index (Phi) is 3.58. The lowest BCUT2D eigenvalue weighted by molar-refractivity contribution is 0.321. The molecule has 2 atom stereocenters. The van der Waals surface area contributed by atoms with E-state index in [1.165, 1.54) is 12.1 Å². The number of benzene rings is 2. The number of nitrogens with one attached hydrogen (secondary N) is 1. The van der Waals surface area contributed by atoms with E-state index in [0.29, 0.717) is 0 Å². The van der Waals surface area contributed by atoms with Crippen molar-refractivity contribution in [2.24, 2.45) is 0 Å². The van der Waals surface area contributed by atoms with Gasteiger partial charge >= 0.3 is 0 Å². The number of rotatable bonds is 2. The first-order chi connectivity index (χ1) is 11.5. The average molecular weight is 342 g/mol. The van der Waals surface area contributed by atoms with Crippen molar-refractivity contribution in [2.75, 3.05) is 0 Å². The van der Waals surface area contributed by atoms with Gasteiger partial charge in [-0.3, -0.25) is 0 Å². The van der Waals surface area contributed by atoms with Gasteiger partial charge in [0.1, 0.15) is 16.8 Å². The summed E-state index contributed by atoms with van der Waals surface area (Å²) >= 11 is 0. The number of H-pyrrole nitrogens is 1. The molecule has 0 radical (unpaired) electrons. The summed E-state index contributed by atoms with van der Waals surface area (Å²) in [6.07, 6.45) is 1.91. The van der Waals surface area contributed by atoms with Gasteiger partial charge in [0.05, 0.1) is 4.90 Å². The van der Waals surface area contributed by atoms with Crippen LogP contribution in [0.1, 0.15) is 32.4 Å². The third-order valence-electron chi connectivity index (χ3n) is 4.68. The van der Waals surface area contributed by atoms with Crippen molar-refractivity contribution in [3.63, 3.8) is 0 Å². The van der Waals surface area contributed by atoms with Gasteiger partial charge in [-0.15, -0.1) is 0 Å². The van der Waals surface area contributed by atoms with E-state index in [1.54, 1.807) is 6.07 Å². The Hall–Kier alpha value is -1.98. The summed E-state index contributed by atoms with van der Waals surface area (Å²) in [7, 11) is -1.11. The number of hydrogen-bond donors (Lipinski definition) is 1. The molecule has 4 rings (SSSR count). The Morgan fingerprint density at radius 1 is 1.21 bits per heavy atom. The number of nitrogens with zero attached hydrogens (tertiary/aromatic N) is 1. The van der Waals surface area contributed by atoms with Crippen LogP contribution in [0.2, 0.25) is 0 Å². The molecule has 1 aliphatic heterocycles. The molecular weight excluding hydrogens is 323 g/mol. The predicted octanol–water partition coefficient (Wildman–Crippen LogP) is 4.78. The topological polar surface area (TPSA) is 36.1 Å². The lowest BCUT2D eigenvalue weighted by atomic mass is 9.99. The van der Waals surface area contributed by atoms with Gasteiger partial charge < -0.3 is 4.98 Å². The molecule has 124 valence electrons. The molecule has 2 unspecified atom stereocenters. The van der Waals surface area contributed by atoms with Crippen molar-refractivity contribution >= 4 is 21.9 Å². The van der Waals surface area contributed by atoms with Crippen LogP contribution in [0.15, 0.2) is 47.5 Å². The minimum Gasteiger partial charge on any atom is -0.360 e. The summed E-state index contributed by atoms with van der Waals surface area (Å²) in [4.78, 5) is 4.03. The molecule has 0 amide bonds. The molecule has 2 aromatic carbocycles. The van der Waals surface area contributed by atoms with Crippen LogP contribution in [0, 0.1) is 5.82 Å². The van der Waals surface area contributed by atoms with Crippen molar-refractivity contribution in [1.82, 2.24) is 9.29 Å². The van der Waals surface area contributed by atoms with Crippen LogP contribution in [0.4, 0.5) is 4.39 Å². The van der Waals surface area contributed by atoms with E-state index in [-0.39, 0.29) is 17.9 Å². The second-order valence-electron chi connectivity index (χ2n) is 6.52. The van der Waals surface area contributed by atoms with Gasteiger partial charge in [-0.2, -0.15) is 0 Å². The number of halogens is 1. The van der Waals surface area contributed by atoms with E-state index < -0.39 is 11.0 Å². The van der Waals surface area contributed by atoms with Crippen LogP contribution in [-0.4, -0.2) is 19.5 Å². The summed E-state index contributed by atoms with van der Waals surface area (Å²) in [5, 5.41) is 0.990. The molecule has 1 N–H and O–H groups in total. The van der Waals surface area contributed by atoms with Gasteiger partial charge in [0.15, 0.2) is 0 Å².